The van der Waals surface area contributed by atoms with Gasteiger partial charge in [-0.3, -0.25) is 9.69 Å². The van der Waals surface area contributed by atoms with Crippen molar-refractivity contribution >= 4 is 5.91 Å². The molecule has 24 heavy (non-hydrogen) atoms. The molecule has 0 radical (unpaired) electrons. The van der Waals surface area contributed by atoms with Crippen molar-refractivity contribution in [3.8, 4) is 5.75 Å². The van der Waals surface area contributed by atoms with E-state index in [-0.39, 0.29) is 23.3 Å². The molecule has 2 N–H and O–H groups in total. The van der Waals surface area contributed by atoms with Gasteiger partial charge in [0.2, 0.25) is 5.89 Å². The first-order chi connectivity index (χ1) is 11.6. The summed E-state index contributed by atoms with van der Waals surface area (Å²) in [5, 5.41) is 3.53. The molecule has 1 aliphatic rings. The summed E-state index contributed by atoms with van der Waals surface area (Å²) < 4.78 is 24.2. The Balaban J connectivity index is 1.52. The quantitative estimate of drug-likeness (QED) is 0.862. The normalized spacial score (nSPS) is 18.5. The van der Waals surface area contributed by atoms with E-state index in [9.17, 15) is 9.18 Å². The van der Waals surface area contributed by atoms with Crippen LogP contribution in [0.15, 0.2) is 28.8 Å². The molecule has 3 rings (SSSR count). The van der Waals surface area contributed by atoms with E-state index < -0.39 is 5.91 Å². The van der Waals surface area contributed by atoms with Crippen molar-refractivity contribution in [2.24, 2.45) is 11.7 Å². The molecule has 8 heteroatoms. The summed E-state index contributed by atoms with van der Waals surface area (Å²) >= 11 is 0. The van der Waals surface area contributed by atoms with Gasteiger partial charge in [-0.25, -0.2) is 4.39 Å². The molecule has 0 unspecified atom stereocenters. The average molecular weight is 334 g/mol. The number of halogens is 1. The van der Waals surface area contributed by atoms with Crippen LogP contribution in [0.25, 0.3) is 0 Å². The Labute approximate surface area is 138 Å². The second-order valence-corrected chi connectivity index (χ2v) is 5.86. The lowest BCUT2D eigenvalue weighted by molar-refractivity contribution is 0.0987. The van der Waals surface area contributed by atoms with Gasteiger partial charge in [-0.1, -0.05) is 17.3 Å². The Hall–Kier alpha value is -2.48. The molecule has 0 aliphatic carbocycles. The Bertz CT molecular complexity index is 706. The summed E-state index contributed by atoms with van der Waals surface area (Å²) in [6, 6.07) is 6.39. The van der Waals surface area contributed by atoms with Crippen LogP contribution in [0, 0.1) is 11.7 Å². The van der Waals surface area contributed by atoms with E-state index in [1.807, 2.05) is 0 Å². The molecule has 1 atom stereocenters. The highest BCUT2D eigenvalue weighted by Gasteiger charge is 2.23. The van der Waals surface area contributed by atoms with Crippen LogP contribution in [0.4, 0.5) is 4.39 Å². The Morgan fingerprint density at radius 3 is 3.04 bits per heavy atom. The zero-order valence-electron chi connectivity index (χ0n) is 13.2. The van der Waals surface area contributed by atoms with E-state index in [4.69, 9.17) is 15.0 Å². The number of hydrogen-bond donors (Lipinski definition) is 1. The third-order valence-corrected chi connectivity index (χ3v) is 3.96. The second-order valence-electron chi connectivity index (χ2n) is 5.86. The lowest BCUT2D eigenvalue weighted by Crippen LogP contribution is -2.37. The SMILES string of the molecule is NC(=O)c1noc(CN2CCC[C@@H](COc3ccccc3F)C2)n1. The Morgan fingerprint density at radius 1 is 1.46 bits per heavy atom. The largest absolute Gasteiger partial charge is 0.490 e. The number of para-hydroxylation sites is 1. The van der Waals surface area contributed by atoms with Gasteiger partial charge in [-0.15, -0.1) is 0 Å². The fraction of sp³-hybridized carbons (Fsp3) is 0.438. The minimum Gasteiger partial charge on any atom is -0.490 e. The highest BCUT2D eigenvalue weighted by Crippen LogP contribution is 2.21. The number of piperidine rings is 1. The van der Waals surface area contributed by atoms with Gasteiger partial charge in [0.1, 0.15) is 0 Å². The molecule has 1 aromatic heterocycles. The zero-order chi connectivity index (χ0) is 16.9. The van der Waals surface area contributed by atoms with Crippen LogP contribution in [0.5, 0.6) is 5.75 Å². The number of likely N-dealkylation sites (tertiary alicyclic amines) is 1. The zero-order valence-corrected chi connectivity index (χ0v) is 13.2. The van der Waals surface area contributed by atoms with Crippen molar-refractivity contribution < 1.29 is 18.4 Å². The van der Waals surface area contributed by atoms with Crippen molar-refractivity contribution in [3.05, 3.63) is 41.8 Å². The summed E-state index contributed by atoms with van der Waals surface area (Å²) in [6.07, 6.45) is 2.02. The molecular weight excluding hydrogens is 315 g/mol. The molecule has 1 aliphatic heterocycles. The predicted molar refractivity (Wildman–Crippen MR) is 82.7 cm³/mol. The number of rotatable bonds is 6. The number of aromatic nitrogens is 2. The first-order valence-electron chi connectivity index (χ1n) is 7.84. The maximum atomic E-state index is 13.6. The predicted octanol–water partition coefficient (Wildman–Crippen LogP) is 1.60. The fourth-order valence-electron chi connectivity index (χ4n) is 2.81. The highest BCUT2D eigenvalue weighted by atomic mass is 19.1. The van der Waals surface area contributed by atoms with Crippen molar-refractivity contribution in [1.29, 1.82) is 0 Å². The number of ether oxygens (including phenoxy) is 1. The summed E-state index contributed by atoms with van der Waals surface area (Å²) in [5.74, 6) is -0.245. The lowest BCUT2D eigenvalue weighted by Gasteiger charge is -2.31. The number of nitrogens with zero attached hydrogens (tertiary/aromatic N) is 3. The molecule has 2 aromatic rings. The van der Waals surface area contributed by atoms with Gasteiger partial charge < -0.3 is 15.0 Å². The van der Waals surface area contributed by atoms with Crippen molar-refractivity contribution in [3.63, 3.8) is 0 Å². The molecule has 1 amide bonds. The molecule has 7 nitrogen and oxygen atoms in total. The maximum absolute atomic E-state index is 13.6. The number of benzene rings is 1. The smallest absolute Gasteiger partial charge is 0.290 e. The van der Waals surface area contributed by atoms with Gasteiger partial charge >= 0.3 is 0 Å². The standard InChI is InChI=1S/C16H19FN4O3/c17-12-5-1-2-6-13(12)23-10-11-4-3-7-21(8-11)9-14-19-16(15(18)22)20-24-14/h1-2,5-6,11H,3-4,7-10H2,(H2,18,22)/t11-/m1/s1. The van der Waals surface area contributed by atoms with Gasteiger partial charge in [-0.05, 0) is 31.5 Å². The molecule has 0 saturated carbocycles. The molecule has 1 saturated heterocycles. The van der Waals surface area contributed by atoms with Crippen LogP contribution < -0.4 is 10.5 Å². The summed E-state index contributed by atoms with van der Waals surface area (Å²) in [7, 11) is 0. The summed E-state index contributed by atoms with van der Waals surface area (Å²) in [6.45, 7) is 2.58. The number of carbonyl (C=O) groups is 1. The second kappa shape index (κ2) is 7.39. The van der Waals surface area contributed by atoms with E-state index in [1.54, 1.807) is 18.2 Å². The topological polar surface area (TPSA) is 94.5 Å². The van der Waals surface area contributed by atoms with Gasteiger partial charge in [0, 0.05) is 12.5 Å². The molecule has 128 valence electrons. The number of hydrogen-bond acceptors (Lipinski definition) is 6. The number of nitrogens with two attached hydrogens (primary N) is 1. The van der Waals surface area contributed by atoms with E-state index in [0.29, 0.717) is 19.0 Å². The molecule has 2 heterocycles. The first kappa shape index (κ1) is 16.4. The van der Waals surface area contributed by atoms with Gasteiger partial charge in [0.15, 0.2) is 11.6 Å². The molecule has 1 aromatic carbocycles. The van der Waals surface area contributed by atoms with Gasteiger partial charge in [-0.2, -0.15) is 4.98 Å². The Kier molecular flexibility index (Phi) is 5.05. The van der Waals surface area contributed by atoms with E-state index in [0.717, 1.165) is 25.9 Å². The highest BCUT2D eigenvalue weighted by molar-refractivity contribution is 5.88. The maximum Gasteiger partial charge on any atom is 0.290 e. The monoisotopic (exact) mass is 334 g/mol. The van der Waals surface area contributed by atoms with E-state index >= 15 is 0 Å². The summed E-state index contributed by atoms with van der Waals surface area (Å²) in [5.41, 5.74) is 5.10. The molecule has 0 bridgehead atoms. The van der Waals surface area contributed by atoms with Crippen LogP contribution in [0.2, 0.25) is 0 Å². The van der Waals surface area contributed by atoms with Crippen molar-refractivity contribution in [2.75, 3.05) is 19.7 Å². The third kappa shape index (κ3) is 4.08. The Morgan fingerprint density at radius 2 is 2.29 bits per heavy atom. The van der Waals surface area contributed by atoms with Crippen LogP contribution in [0.1, 0.15) is 29.4 Å². The van der Waals surface area contributed by atoms with E-state index in [1.165, 1.54) is 6.07 Å². The van der Waals surface area contributed by atoms with Crippen molar-refractivity contribution in [2.45, 2.75) is 19.4 Å². The van der Waals surface area contributed by atoms with E-state index in [2.05, 4.69) is 15.0 Å². The lowest BCUT2D eigenvalue weighted by atomic mass is 9.99. The number of primary amides is 1. The first-order valence-corrected chi connectivity index (χ1v) is 7.84. The van der Waals surface area contributed by atoms with Gasteiger partial charge in [0.05, 0.1) is 13.2 Å². The fourth-order valence-corrected chi connectivity index (χ4v) is 2.81. The van der Waals surface area contributed by atoms with Crippen LogP contribution in [-0.2, 0) is 6.54 Å². The minimum atomic E-state index is -0.709. The van der Waals surface area contributed by atoms with Crippen LogP contribution in [0.3, 0.4) is 0 Å². The number of amides is 1. The molecule has 0 spiro atoms. The molecular formula is C16H19FN4O3. The van der Waals surface area contributed by atoms with Crippen LogP contribution in [-0.4, -0.2) is 40.6 Å². The molecule has 1 fully saturated rings. The van der Waals surface area contributed by atoms with Crippen molar-refractivity contribution in [1.82, 2.24) is 15.0 Å². The van der Waals surface area contributed by atoms with Crippen LogP contribution >= 0.6 is 0 Å². The summed E-state index contributed by atoms with van der Waals surface area (Å²) in [4.78, 5) is 17.1. The minimum absolute atomic E-state index is 0.110. The van der Waals surface area contributed by atoms with Gasteiger partial charge in [0.25, 0.3) is 11.7 Å². The third-order valence-electron chi connectivity index (χ3n) is 3.96. The number of carbonyl (C=O) groups excluding carboxylic acids is 1. The average Bonchev–Trinajstić information content (AvgIpc) is 3.03.